The molecule has 0 aliphatic heterocycles. The standard InChI is InChI=1S/C69H90N2O6/c1-51(19-40-66(72)76-47-17-12-9-7-5-4-6-8-11-15-45-74-59-33-28-56(29-34-59)54-24-20-52(49-70)21-25-54)63-38-39-64-62-37-32-58-48-61(41-43-68(58,2)65(62)42-44-69(63,64)3)77-67(73)18-14-10-13-16-46-75-60-35-30-57(31-36-60)55-26-22-53(50-71)23-27-55/h20-31,33-36,51,58,61-65H,4-19,32,37-48H2,1-3H3/t51-,58-,61+,62+,63-,64+,65+,68+,69-/m1/s1. The number of hydrogen-bond donors (Lipinski definition) is 0. The predicted octanol–water partition coefficient (Wildman–Crippen LogP) is 17.6. The van der Waals surface area contributed by atoms with Gasteiger partial charge in [0.15, 0.2) is 0 Å². The molecule has 0 unspecified atom stereocenters. The third-order valence-corrected chi connectivity index (χ3v) is 19.5. The van der Waals surface area contributed by atoms with Gasteiger partial charge in [0, 0.05) is 12.8 Å². The van der Waals surface area contributed by atoms with Crippen LogP contribution in [0.15, 0.2) is 97.1 Å². The SMILES string of the molecule is C[C@H](CCC(=O)OCCCCCCCCCCCCOc1ccc(-c2ccc(C#N)cc2)cc1)[C@H]1CC[C@H]2[C@@H]3CC[C@@H]4C[C@@H](OC(=O)CCCCCCOc5ccc(-c6ccc(C#N)cc6)cc5)CC[C@]4(C)[C@H]3CC[C@]12C. The topological polar surface area (TPSA) is 119 Å². The number of fused-ring (bicyclic) bond motifs is 5. The first-order valence-corrected chi connectivity index (χ1v) is 30.4. The molecular formula is C69H90N2O6. The molecule has 0 aromatic heterocycles. The van der Waals surface area contributed by atoms with Gasteiger partial charge in [-0.05, 0) is 207 Å². The number of carbonyl (C=O) groups is 2. The van der Waals surface area contributed by atoms with Crippen molar-refractivity contribution in [3.05, 3.63) is 108 Å². The van der Waals surface area contributed by atoms with Crippen LogP contribution < -0.4 is 9.47 Å². The average molecular weight is 1040 g/mol. The van der Waals surface area contributed by atoms with Crippen LogP contribution in [0.3, 0.4) is 0 Å². The first kappa shape index (κ1) is 57.6. The van der Waals surface area contributed by atoms with Gasteiger partial charge in [0.25, 0.3) is 0 Å². The van der Waals surface area contributed by atoms with Crippen molar-refractivity contribution in [2.45, 2.75) is 194 Å². The Morgan fingerprint density at radius 1 is 0.519 bits per heavy atom. The van der Waals surface area contributed by atoms with Crippen LogP contribution in [0.25, 0.3) is 22.3 Å². The lowest BCUT2D eigenvalue weighted by Gasteiger charge is -2.61. The zero-order chi connectivity index (χ0) is 53.9. The van der Waals surface area contributed by atoms with Crippen molar-refractivity contribution in [1.29, 1.82) is 10.5 Å². The average Bonchev–Trinajstić information content (AvgIpc) is 3.91. The fourth-order valence-electron chi connectivity index (χ4n) is 15.0. The summed E-state index contributed by atoms with van der Waals surface area (Å²) in [4.78, 5) is 26.0. The van der Waals surface area contributed by atoms with Crippen LogP contribution in [0.1, 0.15) is 199 Å². The number of benzene rings is 4. The number of carbonyl (C=O) groups excluding carboxylic acids is 2. The molecule has 0 spiro atoms. The minimum atomic E-state index is -0.0140. The summed E-state index contributed by atoms with van der Waals surface area (Å²) in [5, 5.41) is 18.1. The molecule has 4 aromatic carbocycles. The van der Waals surface area contributed by atoms with E-state index in [9.17, 15) is 9.59 Å². The van der Waals surface area contributed by atoms with Crippen molar-refractivity contribution >= 4 is 11.9 Å². The maximum atomic E-state index is 13.0. The van der Waals surface area contributed by atoms with Gasteiger partial charge in [0.2, 0.25) is 0 Å². The Hall–Kier alpha value is -5.60. The highest BCUT2D eigenvalue weighted by molar-refractivity contribution is 5.70. The molecule has 4 aromatic rings. The number of nitriles is 2. The normalized spacial score (nSPS) is 24.7. The number of hydrogen-bond acceptors (Lipinski definition) is 8. The van der Waals surface area contributed by atoms with Crippen LogP contribution in [-0.2, 0) is 19.1 Å². The van der Waals surface area contributed by atoms with Gasteiger partial charge in [-0.2, -0.15) is 10.5 Å². The van der Waals surface area contributed by atoms with E-state index in [1.807, 2.05) is 72.8 Å². The Bertz CT molecular complexity index is 2530. The zero-order valence-electron chi connectivity index (χ0n) is 47.1. The van der Waals surface area contributed by atoms with Crippen LogP contribution in [0, 0.1) is 69.0 Å². The third kappa shape index (κ3) is 15.8. The molecule has 8 rings (SSSR count). The van der Waals surface area contributed by atoms with Crippen molar-refractivity contribution in [2.24, 2.45) is 46.3 Å². The van der Waals surface area contributed by atoms with Gasteiger partial charge in [-0.1, -0.05) is 134 Å². The van der Waals surface area contributed by atoms with Crippen LogP contribution in [-0.4, -0.2) is 37.9 Å². The second kappa shape index (κ2) is 28.9. The van der Waals surface area contributed by atoms with Gasteiger partial charge in [-0.15, -0.1) is 0 Å². The Morgan fingerprint density at radius 2 is 0.987 bits per heavy atom. The molecule has 4 fully saturated rings. The highest BCUT2D eigenvalue weighted by Gasteiger charge is 2.60. The summed E-state index contributed by atoms with van der Waals surface area (Å²) < 4.78 is 23.9. The molecule has 412 valence electrons. The smallest absolute Gasteiger partial charge is 0.306 e. The van der Waals surface area contributed by atoms with Crippen molar-refractivity contribution in [3.63, 3.8) is 0 Å². The Labute approximate surface area is 463 Å². The first-order valence-electron chi connectivity index (χ1n) is 30.4. The van der Waals surface area contributed by atoms with E-state index in [0.717, 1.165) is 122 Å². The molecule has 0 radical (unpaired) electrons. The Morgan fingerprint density at radius 3 is 1.52 bits per heavy atom. The molecule has 4 saturated carbocycles. The minimum absolute atomic E-state index is 0.00488. The van der Waals surface area contributed by atoms with Crippen molar-refractivity contribution in [3.8, 4) is 45.9 Å². The second-order valence-electron chi connectivity index (χ2n) is 24.3. The lowest BCUT2D eigenvalue weighted by atomic mass is 9.44. The zero-order valence-corrected chi connectivity index (χ0v) is 47.1. The van der Waals surface area contributed by atoms with E-state index in [2.05, 4.69) is 57.2 Å². The molecule has 77 heavy (non-hydrogen) atoms. The Kier molecular flexibility index (Phi) is 21.6. The van der Waals surface area contributed by atoms with Gasteiger partial charge in [0.1, 0.15) is 17.6 Å². The summed E-state index contributed by atoms with van der Waals surface area (Å²) in [7, 11) is 0. The van der Waals surface area contributed by atoms with Crippen molar-refractivity contribution in [1.82, 2.24) is 0 Å². The van der Waals surface area contributed by atoms with Gasteiger partial charge in [-0.25, -0.2) is 0 Å². The summed E-state index contributed by atoms with van der Waals surface area (Å²) in [5.74, 6) is 5.99. The number of rotatable bonds is 29. The molecule has 9 atom stereocenters. The van der Waals surface area contributed by atoms with Crippen molar-refractivity contribution < 1.29 is 28.5 Å². The van der Waals surface area contributed by atoms with E-state index in [-0.39, 0.29) is 18.0 Å². The largest absolute Gasteiger partial charge is 0.494 e. The highest BCUT2D eigenvalue weighted by Crippen LogP contribution is 2.68. The van der Waals surface area contributed by atoms with Crippen LogP contribution in [0.5, 0.6) is 11.5 Å². The molecule has 8 heteroatoms. The van der Waals surface area contributed by atoms with Gasteiger partial charge in [0.05, 0.1) is 43.1 Å². The van der Waals surface area contributed by atoms with E-state index < -0.39 is 0 Å². The van der Waals surface area contributed by atoms with Crippen LogP contribution in [0.2, 0.25) is 0 Å². The molecule has 0 N–H and O–H groups in total. The van der Waals surface area contributed by atoms with E-state index in [1.165, 1.54) is 89.9 Å². The summed E-state index contributed by atoms with van der Waals surface area (Å²) in [5.41, 5.74) is 6.46. The lowest BCUT2D eigenvalue weighted by molar-refractivity contribution is -0.162. The fourth-order valence-corrected chi connectivity index (χ4v) is 15.0. The monoisotopic (exact) mass is 1040 g/mol. The van der Waals surface area contributed by atoms with E-state index in [0.29, 0.717) is 65.8 Å². The van der Waals surface area contributed by atoms with E-state index in [1.54, 1.807) is 0 Å². The molecule has 4 aliphatic rings. The minimum Gasteiger partial charge on any atom is -0.494 e. The number of esters is 2. The van der Waals surface area contributed by atoms with Gasteiger partial charge < -0.3 is 18.9 Å². The summed E-state index contributed by atoms with van der Waals surface area (Å²) in [6.45, 7) is 9.63. The van der Waals surface area contributed by atoms with Gasteiger partial charge in [-0.3, -0.25) is 9.59 Å². The molecule has 4 aliphatic carbocycles. The summed E-state index contributed by atoms with van der Waals surface area (Å²) >= 11 is 0. The fraction of sp³-hybridized carbons (Fsp3) is 0.594. The maximum absolute atomic E-state index is 13.0. The second-order valence-corrected chi connectivity index (χ2v) is 24.3. The third-order valence-electron chi connectivity index (χ3n) is 19.5. The summed E-state index contributed by atoms with van der Waals surface area (Å²) in [6.07, 6.45) is 29.0. The number of ether oxygens (including phenoxy) is 4. The van der Waals surface area contributed by atoms with Crippen LogP contribution in [0.4, 0.5) is 0 Å². The maximum Gasteiger partial charge on any atom is 0.306 e. The highest BCUT2D eigenvalue weighted by atomic mass is 16.5. The molecule has 0 heterocycles. The molecule has 0 amide bonds. The molecular weight excluding hydrogens is 953 g/mol. The summed E-state index contributed by atoms with van der Waals surface area (Å²) in [6, 6.07) is 36.0. The Balaban J connectivity index is 0.621. The van der Waals surface area contributed by atoms with Crippen molar-refractivity contribution in [2.75, 3.05) is 19.8 Å². The van der Waals surface area contributed by atoms with E-state index >= 15 is 0 Å². The molecule has 0 saturated heterocycles. The predicted molar refractivity (Wildman–Crippen MR) is 308 cm³/mol. The van der Waals surface area contributed by atoms with E-state index in [4.69, 9.17) is 29.5 Å². The first-order chi connectivity index (χ1) is 37.6. The number of nitrogens with zero attached hydrogens (tertiary/aromatic N) is 2. The lowest BCUT2D eigenvalue weighted by Crippen LogP contribution is -2.54. The van der Waals surface area contributed by atoms with Gasteiger partial charge >= 0.3 is 11.9 Å². The molecule has 0 bridgehead atoms. The van der Waals surface area contributed by atoms with Crippen LogP contribution >= 0.6 is 0 Å². The molecule has 8 nitrogen and oxygen atoms in total. The number of unbranched alkanes of at least 4 members (excludes halogenated alkanes) is 12. The quantitative estimate of drug-likeness (QED) is 0.0390.